The molecule has 1 radical (unpaired) electrons. The van der Waals surface area contributed by atoms with Gasteiger partial charge in [0.15, 0.2) is 0 Å². The lowest BCUT2D eigenvalue weighted by molar-refractivity contribution is 0.386. The second-order valence-electron chi connectivity index (χ2n) is 4.85. The summed E-state index contributed by atoms with van der Waals surface area (Å²) >= 11 is 0. The predicted molar refractivity (Wildman–Crippen MR) is 71.0 cm³/mol. The highest BCUT2D eigenvalue weighted by Crippen LogP contribution is 2.21. The van der Waals surface area contributed by atoms with Crippen LogP contribution in [-0.4, -0.2) is 0 Å². The second-order valence-corrected chi connectivity index (χ2v) is 4.85. The van der Waals surface area contributed by atoms with E-state index in [1.54, 1.807) is 0 Å². The molecule has 0 heteroatoms. The molecule has 0 aromatic heterocycles. The molecule has 0 fully saturated rings. The fourth-order valence-electron chi connectivity index (χ4n) is 2.31. The molecule has 0 nitrogen and oxygen atoms in total. The molecule has 0 saturated heterocycles. The lowest BCUT2D eigenvalue weighted by Crippen LogP contribution is -2.00. The van der Waals surface area contributed by atoms with E-state index in [1.165, 1.54) is 64.2 Å². The van der Waals surface area contributed by atoms with Gasteiger partial charge in [-0.25, -0.2) is 0 Å². The molecule has 0 saturated carbocycles. The van der Waals surface area contributed by atoms with E-state index >= 15 is 0 Å². The van der Waals surface area contributed by atoms with E-state index in [9.17, 15) is 0 Å². The van der Waals surface area contributed by atoms with Gasteiger partial charge in [-0.15, -0.1) is 0 Å². The van der Waals surface area contributed by atoms with Crippen molar-refractivity contribution in [3.05, 3.63) is 6.92 Å². The summed E-state index contributed by atoms with van der Waals surface area (Å²) in [6.45, 7) is 8.54. The topological polar surface area (TPSA) is 0 Å². The maximum absolute atomic E-state index is 3.94. The minimum Gasteiger partial charge on any atom is -0.0654 e. The molecular formula is C15H31. The van der Waals surface area contributed by atoms with Gasteiger partial charge in [0.25, 0.3) is 0 Å². The largest absolute Gasteiger partial charge is 0.0654 e. The average Bonchev–Trinajstić information content (AvgIpc) is 2.25. The van der Waals surface area contributed by atoms with E-state index in [2.05, 4.69) is 20.8 Å². The van der Waals surface area contributed by atoms with Crippen LogP contribution >= 0.6 is 0 Å². The molecule has 0 rings (SSSR count). The Bertz CT molecular complexity index is 107. The smallest absolute Gasteiger partial charge is 0.0414 e. The first-order chi connectivity index (χ1) is 7.35. The second kappa shape index (κ2) is 12.1. The average molecular weight is 211 g/mol. The van der Waals surface area contributed by atoms with Gasteiger partial charge in [-0.05, 0) is 5.92 Å². The molecule has 0 spiro atoms. The number of rotatable bonds is 11. The Kier molecular flexibility index (Phi) is 12.1. The standard InChI is InChI=1S/C15H31/c1-4-7-9-10-11-14-15(12-6-3)13-8-5-2/h15H,2,4-14H2,1,3H3. The maximum Gasteiger partial charge on any atom is -0.0414 e. The van der Waals surface area contributed by atoms with Crippen LogP contribution in [0.2, 0.25) is 0 Å². The van der Waals surface area contributed by atoms with Crippen molar-refractivity contribution in [2.24, 2.45) is 5.92 Å². The van der Waals surface area contributed by atoms with Crippen molar-refractivity contribution >= 4 is 0 Å². The van der Waals surface area contributed by atoms with Gasteiger partial charge >= 0.3 is 0 Å². The molecule has 0 amide bonds. The summed E-state index contributed by atoms with van der Waals surface area (Å²) in [4.78, 5) is 0. The van der Waals surface area contributed by atoms with Gasteiger partial charge in [-0.1, -0.05) is 91.4 Å². The Labute approximate surface area is 97.8 Å². The van der Waals surface area contributed by atoms with Crippen LogP contribution in [0.15, 0.2) is 0 Å². The fourth-order valence-corrected chi connectivity index (χ4v) is 2.31. The van der Waals surface area contributed by atoms with E-state index in [0.29, 0.717) is 0 Å². The van der Waals surface area contributed by atoms with Crippen LogP contribution in [0.3, 0.4) is 0 Å². The SMILES string of the molecule is [CH2]CCCC(CCC)CCCCCCC. The Morgan fingerprint density at radius 3 is 2.00 bits per heavy atom. The summed E-state index contributed by atoms with van der Waals surface area (Å²) in [5.41, 5.74) is 0. The third-order valence-corrected chi connectivity index (χ3v) is 3.28. The Morgan fingerprint density at radius 1 is 0.733 bits per heavy atom. The van der Waals surface area contributed by atoms with Crippen molar-refractivity contribution in [1.82, 2.24) is 0 Å². The van der Waals surface area contributed by atoms with Crippen molar-refractivity contribution < 1.29 is 0 Å². The Hall–Kier alpha value is 0. The highest BCUT2D eigenvalue weighted by Gasteiger charge is 2.06. The van der Waals surface area contributed by atoms with Gasteiger partial charge in [0, 0.05) is 0 Å². The summed E-state index contributed by atoms with van der Waals surface area (Å²) < 4.78 is 0. The fraction of sp³-hybridized carbons (Fsp3) is 0.933. The normalized spacial score (nSPS) is 13.0. The molecule has 91 valence electrons. The zero-order valence-corrected chi connectivity index (χ0v) is 11.1. The summed E-state index contributed by atoms with van der Waals surface area (Å²) in [5.74, 6) is 0.998. The third-order valence-electron chi connectivity index (χ3n) is 3.28. The number of hydrogen-bond donors (Lipinski definition) is 0. The Balaban J connectivity index is 3.38. The van der Waals surface area contributed by atoms with Gasteiger partial charge in [0.1, 0.15) is 0 Å². The van der Waals surface area contributed by atoms with Crippen LogP contribution in [0.4, 0.5) is 0 Å². The van der Waals surface area contributed by atoms with Gasteiger partial charge in [-0.2, -0.15) is 0 Å². The van der Waals surface area contributed by atoms with Crippen molar-refractivity contribution in [2.45, 2.75) is 84.5 Å². The summed E-state index contributed by atoms with van der Waals surface area (Å²) in [6, 6.07) is 0. The van der Waals surface area contributed by atoms with E-state index in [0.717, 1.165) is 12.3 Å². The maximum atomic E-state index is 3.94. The summed E-state index contributed by atoms with van der Waals surface area (Å²) in [7, 11) is 0. The molecule has 0 aromatic rings. The molecule has 0 aliphatic carbocycles. The monoisotopic (exact) mass is 211 g/mol. The van der Waals surface area contributed by atoms with E-state index in [1.807, 2.05) is 0 Å². The molecule has 15 heavy (non-hydrogen) atoms. The number of unbranched alkanes of at least 4 members (excludes halogenated alkanes) is 5. The van der Waals surface area contributed by atoms with Gasteiger partial charge in [0.2, 0.25) is 0 Å². The molecule has 0 heterocycles. The van der Waals surface area contributed by atoms with Crippen LogP contribution in [-0.2, 0) is 0 Å². The minimum atomic E-state index is 0.998. The van der Waals surface area contributed by atoms with Crippen molar-refractivity contribution in [3.63, 3.8) is 0 Å². The van der Waals surface area contributed by atoms with Gasteiger partial charge in [0.05, 0.1) is 0 Å². The molecule has 1 atom stereocenters. The molecular weight excluding hydrogens is 180 g/mol. The quantitative estimate of drug-likeness (QED) is 0.381. The van der Waals surface area contributed by atoms with Crippen LogP contribution in [0, 0.1) is 12.8 Å². The third kappa shape index (κ3) is 10.3. The van der Waals surface area contributed by atoms with E-state index in [4.69, 9.17) is 0 Å². The molecule has 0 aliphatic rings. The minimum absolute atomic E-state index is 0.998. The molecule has 0 bridgehead atoms. The van der Waals surface area contributed by atoms with Crippen molar-refractivity contribution in [1.29, 1.82) is 0 Å². The zero-order valence-electron chi connectivity index (χ0n) is 11.1. The molecule has 1 unspecified atom stereocenters. The van der Waals surface area contributed by atoms with Crippen LogP contribution in [0.1, 0.15) is 84.5 Å². The summed E-state index contributed by atoms with van der Waals surface area (Å²) in [5, 5.41) is 0. The molecule has 0 aromatic carbocycles. The summed E-state index contributed by atoms with van der Waals surface area (Å²) in [6.07, 6.45) is 15.3. The van der Waals surface area contributed by atoms with Gasteiger partial charge in [-0.3, -0.25) is 0 Å². The predicted octanol–water partition coefficient (Wildman–Crippen LogP) is 5.77. The zero-order chi connectivity index (χ0) is 11.4. The number of hydrogen-bond acceptors (Lipinski definition) is 0. The first-order valence-electron chi connectivity index (χ1n) is 7.14. The first kappa shape index (κ1) is 15.0. The van der Waals surface area contributed by atoms with E-state index < -0.39 is 0 Å². The van der Waals surface area contributed by atoms with Crippen LogP contribution < -0.4 is 0 Å². The lowest BCUT2D eigenvalue weighted by Gasteiger charge is -2.15. The molecule has 0 aliphatic heterocycles. The van der Waals surface area contributed by atoms with E-state index in [-0.39, 0.29) is 0 Å². The Morgan fingerprint density at radius 2 is 1.40 bits per heavy atom. The van der Waals surface area contributed by atoms with Crippen molar-refractivity contribution in [2.75, 3.05) is 0 Å². The van der Waals surface area contributed by atoms with Crippen LogP contribution in [0.5, 0.6) is 0 Å². The van der Waals surface area contributed by atoms with Crippen LogP contribution in [0.25, 0.3) is 0 Å². The highest BCUT2D eigenvalue weighted by molar-refractivity contribution is 4.60. The lowest BCUT2D eigenvalue weighted by atomic mass is 9.91. The van der Waals surface area contributed by atoms with Crippen molar-refractivity contribution in [3.8, 4) is 0 Å². The van der Waals surface area contributed by atoms with Gasteiger partial charge < -0.3 is 0 Å². The first-order valence-corrected chi connectivity index (χ1v) is 7.14. The highest BCUT2D eigenvalue weighted by atomic mass is 14.1. The molecule has 0 N–H and O–H groups in total.